The highest BCUT2D eigenvalue weighted by Crippen LogP contribution is 2.23. The Morgan fingerprint density at radius 1 is 1.11 bits per heavy atom. The molecular formula is C16H26ClNO. The third kappa shape index (κ3) is 6.84. The van der Waals surface area contributed by atoms with Crippen molar-refractivity contribution in [2.75, 3.05) is 13.2 Å². The largest absolute Gasteiger partial charge is 0.493 e. The van der Waals surface area contributed by atoms with E-state index in [0.29, 0.717) is 0 Å². The number of hydrogen-bond donors (Lipinski definition) is 1. The molecule has 0 saturated carbocycles. The number of ether oxygens (including phenoxy) is 1. The highest BCUT2D eigenvalue weighted by Gasteiger charge is 2.04. The first-order valence-corrected chi connectivity index (χ1v) is 7.77. The molecule has 19 heavy (non-hydrogen) atoms. The minimum absolute atomic E-state index is 0.770. The van der Waals surface area contributed by atoms with E-state index in [0.717, 1.165) is 48.9 Å². The van der Waals surface area contributed by atoms with E-state index in [1.54, 1.807) is 0 Å². The van der Waals surface area contributed by atoms with Crippen LogP contribution in [0.1, 0.15) is 51.5 Å². The Bertz CT molecular complexity index is 355. The molecule has 0 aromatic heterocycles. The van der Waals surface area contributed by atoms with Crippen molar-refractivity contribution in [1.29, 1.82) is 0 Å². The van der Waals surface area contributed by atoms with Gasteiger partial charge >= 0.3 is 0 Å². The van der Waals surface area contributed by atoms with Crippen LogP contribution in [-0.2, 0) is 6.54 Å². The fraction of sp³-hybridized carbons (Fsp3) is 0.625. The molecule has 0 amide bonds. The Morgan fingerprint density at radius 2 is 1.95 bits per heavy atom. The molecule has 0 fully saturated rings. The highest BCUT2D eigenvalue weighted by atomic mass is 35.5. The van der Waals surface area contributed by atoms with Crippen molar-refractivity contribution in [2.24, 2.45) is 0 Å². The van der Waals surface area contributed by atoms with Gasteiger partial charge in [-0.3, -0.25) is 0 Å². The molecule has 1 aromatic carbocycles. The lowest BCUT2D eigenvalue weighted by atomic mass is 10.2. The summed E-state index contributed by atoms with van der Waals surface area (Å²) in [7, 11) is 0. The summed E-state index contributed by atoms with van der Waals surface area (Å²) in [6.45, 7) is 7.01. The Balaban J connectivity index is 2.45. The molecule has 0 heterocycles. The van der Waals surface area contributed by atoms with E-state index < -0.39 is 0 Å². The molecule has 0 aliphatic rings. The van der Waals surface area contributed by atoms with Crippen molar-refractivity contribution in [3.8, 4) is 5.75 Å². The molecule has 0 aliphatic carbocycles. The predicted octanol–water partition coefficient (Wildman–Crippen LogP) is 4.80. The number of halogens is 1. The predicted molar refractivity (Wildman–Crippen MR) is 83.1 cm³/mol. The Labute approximate surface area is 122 Å². The van der Waals surface area contributed by atoms with Gasteiger partial charge in [0, 0.05) is 17.1 Å². The molecule has 0 spiro atoms. The minimum Gasteiger partial charge on any atom is -0.493 e. The maximum absolute atomic E-state index is 6.05. The fourth-order valence-electron chi connectivity index (χ4n) is 1.94. The van der Waals surface area contributed by atoms with Crippen LogP contribution in [0, 0.1) is 0 Å². The van der Waals surface area contributed by atoms with E-state index in [9.17, 15) is 0 Å². The van der Waals surface area contributed by atoms with Crippen molar-refractivity contribution in [3.05, 3.63) is 28.8 Å². The van der Waals surface area contributed by atoms with E-state index in [1.165, 1.54) is 19.3 Å². The summed E-state index contributed by atoms with van der Waals surface area (Å²) < 4.78 is 5.87. The van der Waals surface area contributed by atoms with Crippen LogP contribution in [-0.4, -0.2) is 13.2 Å². The maximum Gasteiger partial charge on any atom is 0.123 e. The van der Waals surface area contributed by atoms with Crippen LogP contribution in [0.4, 0.5) is 0 Å². The van der Waals surface area contributed by atoms with Crippen molar-refractivity contribution in [2.45, 2.75) is 52.5 Å². The van der Waals surface area contributed by atoms with E-state index in [1.807, 2.05) is 18.2 Å². The Hall–Kier alpha value is -0.730. The Kier molecular flexibility index (Phi) is 8.68. The molecule has 108 valence electrons. The van der Waals surface area contributed by atoms with Crippen molar-refractivity contribution >= 4 is 11.6 Å². The third-order valence-electron chi connectivity index (χ3n) is 3.02. The summed E-state index contributed by atoms with van der Waals surface area (Å²) in [4.78, 5) is 0. The molecule has 0 unspecified atom stereocenters. The molecule has 0 aliphatic heterocycles. The summed E-state index contributed by atoms with van der Waals surface area (Å²) >= 11 is 6.05. The summed E-state index contributed by atoms with van der Waals surface area (Å²) in [6.07, 6.45) is 6.04. The van der Waals surface area contributed by atoms with Gasteiger partial charge in [-0.2, -0.15) is 0 Å². The average molecular weight is 284 g/mol. The molecule has 3 heteroatoms. The molecule has 0 bridgehead atoms. The summed E-state index contributed by atoms with van der Waals surface area (Å²) in [5, 5.41) is 4.16. The third-order valence-corrected chi connectivity index (χ3v) is 3.26. The van der Waals surface area contributed by atoms with Crippen molar-refractivity contribution in [1.82, 2.24) is 5.32 Å². The molecule has 1 N–H and O–H groups in total. The van der Waals surface area contributed by atoms with Crippen LogP contribution in [0.25, 0.3) is 0 Å². The molecular weight excluding hydrogens is 258 g/mol. The molecule has 2 nitrogen and oxygen atoms in total. The van der Waals surface area contributed by atoms with Gasteiger partial charge in [-0.1, -0.05) is 44.7 Å². The normalized spacial score (nSPS) is 10.7. The molecule has 0 radical (unpaired) electrons. The second kappa shape index (κ2) is 10.1. The van der Waals surface area contributed by atoms with Crippen LogP contribution in [0.5, 0.6) is 5.75 Å². The zero-order valence-electron chi connectivity index (χ0n) is 12.2. The number of benzene rings is 1. The van der Waals surface area contributed by atoms with Gasteiger partial charge in [0.15, 0.2) is 0 Å². The summed E-state index contributed by atoms with van der Waals surface area (Å²) in [5.41, 5.74) is 1.15. The lowest BCUT2D eigenvalue weighted by Crippen LogP contribution is -2.14. The maximum atomic E-state index is 6.05. The fourth-order valence-corrected chi connectivity index (χ4v) is 2.13. The van der Waals surface area contributed by atoms with Gasteiger partial charge in [0.05, 0.1) is 6.61 Å². The second-order valence-corrected chi connectivity index (χ2v) is 5.27. The van der Waals surface area contributed by atoms with Crippen LogP contribution < -0.4 is 10.1 Å². The van der Waals surface area contributed by atoms with Gasteiger partial charge in [0.1, 0.15) is 5.75 Å². The van der Waals surface area contributed by atoms with E-state index in [-0.39, 0.29) is 0 Å². The van der Waals surface area contributed by atoms with Gasteiger partial charge in [-0.05, 0) is 37.6 Å². The monoisotopic (exact) mass is 283 g/mol. The lowest BCUT2D eigenvalue weighted by Gasteiger charge is -2.12. The van der Waals surface area contributed by atoms with Gasteiger partial charge in [0.25, 0.3) is 0 Å². The van der Waals surface area contributed by atoms with Gasteiger partial charge < -0.3 is 10.1 Å². The van der Waals surface area contributed by atoms with Gasteiger partial charge in [0.2, 0.25) is 0 Å². The molecule has 1 aromatic rings. The smallest absolute Gasteiger partial charge is 0.123 e. The van der Waals surface area contributed by atoms with Gasteiger partial charge in [-0.15, -0.1) is 0 Å². The zero-order valence-corrected chi connectivity index (χ0v) is 12.9. The van der Waals surface area contributed by atoms with Crippen molar-refractivity contribution < 1.29 is 4.74 Å². The zero-order chi connectivity index (χ0) is 13.9. The number of nitrogens with one attached hydrogen (secondary N) is 1. The average Bonchev–Trinajstić information content (AvgIpc) is 2.41. The van der Waals surface area contributed by atoms with Crippen LogP contribution in [0.15, 0.2) is 18.2 Å². The topological polar surface area (TPSA) is 21.3 Å². The van der Waals surface area contributed by atoms with E-state index in [4.69, 9.17) is 16.3 Å². The number of rotatable bonds is 10. The quantitative estimate of drug-likeness (QED) is 0.623. The Morgan fingerprint density at radius 3 is 2.68 bits per heavy atom. The van der Waals surface area contributed by atoms with E-state index in [2.05, 4.69) is 19.2 Å². The van der Waals surface area contributed by atoms with Gasteiger partial charge in [-0.25, -0.2) is 0 Å². The van der Waals surface area contributed by atoms with Crippen LogP contribution >= 0.6 is 11.6 Å². The minimum atomic E-state index is 0.770. The van der Waals surface area contributed by atoms with Crippen LogP contribution in [0.2, 0.25) is 5.02 Å². The lowest BCUT2D eigenvalue weighted by molar-refractivity contribution is 0.301. The second-order valence-electron chi connectivity index (χ2n) is 4.84. The summed E-state index contributed by atoms with van der Waals surface area (Å²) in [5.74, 6) is 0.963. The first kappa shape index (κ1) is 16.3. The molecule has 1 rings (SSSR count). The first-order valence-electron chi connectivity index (χ1n) is 7.39. The van der Waals surface area contributed by atoms with Crippen LogP contribution in [0.3, 0.4) is 0 Å². The number of hydrogen-bond acceptors (Lipinski definition) is 2. The van der Waals surface area contributed by atoms with E-state index >= 15 is 0 Å². The summed E-state index contributed by atoms with van der Waals surface area (Å²) in [6, 6.07) is 5.86. The SMILES string of the molecule is CCCCCCOc1ccc(Cl)cc1CNCCC. The molecule has 0 saturated heterocycles. The highest BCUT2D eigenvalue weighted by molar-refractivity contribution is 6.30. The first-order chi connectivity index (χ1) is 9.27. The molecule has 0 atom stereocenters. The standard InChI is InChI=1S/C16H26ClNO/c1-3-5-6-7-11-19-16-9-8-15(17)12-14(16)13-18-10-4-2/h8-9,12,18H,3-7,10-11,13H2,1-2H3. The number of unbranched alkanes of at least 4 members (excludes halogenated alkanes) is 3. The van der Waals surface area contributed by atoms with Crippen molar-refractivity contribution in [3.63, 3.8) is 0 Å².